The van der Waals surface area contributed by atoms with Crippen LogP contribution in [-0.2, 0) is 14.3 Å². The van der Waals surface area contributed by atoms with Crippen molar-refractivity contribution >= 4 is 11.8 Å². The van der Waals surface area contributed by atoms with Gasteiger partial charge >= 0.3 is 0 Å². The number of carbonyl (C=O) groups excluding carboxylic acids is 2. The van der Waals surface area contributed by atoms with E-state index >= 15 is 0 Å². The number of rotatable bonds is 7. The normalized spacial score (nSPS) is 14.2. The van der Waals surface area contributed by atoms with Crippen LogP contribution in [0, 0.1) is 5.92 Å². The first-order valence-corrected chi connectivity index (χ1v) is 5.71. The Hall–Kier alpha value is -1.14. The van der Waals surface area contributed by atoms with Crippen LogP contribution in [0.4, 0.5) is 0 Å². The van der Waals surface area contributed by atoms with Crippen LogP contribution >= 0.6 is 0 Å². The van der Waals surface area contributed by atoms with E-state index in [0.717, 1.165) is 0 Å². The highest BCUT2D eigenvalue weighted by molar-refractivity contribution is 5.88. The van der Waals surface area contributed by atoms with Gasteiger partial charge in [0, 0.05) is 19.7 Å². The van der Waals surface area contributed by atoms with Crippen LogP contribution in [0.5, 0.6) is 0 Å². The van der Waals surface area contributed by atoms with Gasteiger partial charge in [0.2, 0.25) is 11.8 Å². The molecule has 0 unspecified atom stereocenters. The monoisotopic (exact) mass is 245 g/mol. The third kappa shape index (κ3) is 6.23. The number of ether oxygens (including phenoxy) is 1. The van der Waals surface area contributed by atoms with Crippen LogP contribution in [0.1, 0.15) is 20.8 Å². The van der Waals surface area contributed by atoms with Crippen LogP contribution in [-0.4, -0.2) is 44.2 Å². The molecule has 0 bridgehead atoms. The first-order valence-electron chi connectivity index (χ1n) is 5.71. The lowest BCUT2D eigenvalue weighted by Gasteiger charge is -2.23. The van der Waals surface area contributed by atoms with Gasteiger partial charge in [0.25, 0.3) is 0 Å². The van der Waals surface area contributed by atoms with E-state index in [4.69, 9.17) is 10.5 Å². The van der Waals surface area contributed by atoms with Gasteiger partial charge in [-0.05, 0) is 12.8 Å². The molecule has 4 N–H and O–H groups in total. The molecular formula is C11H23N3O3. The number of nitrogens with one attached hydrogen (secondary N) is 2. The SMILES string of the molecule is COCC(=O)N[C@H](C(=O)N[C@@H](C)CN)C(C)C. The van der Waals surface area contributed by atoms with E-state index in [1.807, 2.05) is 20.8 Å². The van der Waals surface area contributed by atoms with Gasteiger partial charge in [0.1, 0.15) is 12.6 Å². The highest BCUT2D eigenvalue weighted by Gasteiger charge is 2.24. The van der Waals surface area contributed by atoms with Gasteiger partial charge in [0.05, 0.1) is 0 Å². The number of carbonyl (C=O) groups is 2. The number of hydrogen-bond donors (Lipinski definition) is 3. The zero-order chi connectivity index (χ0) is 13.4. The van der Waals surface area contributed by atoms with E-state index in [-0.39, 0.29) is 30.4 Å². The fourth-order valence-electron chi connectivity index (χ4n) is 1.27. The molecule has 100 valence electrons. The quantitative estimate of drug-likeness (QED) is 0.549. The Bertz CT molecular complexity index is 256. The molecule has 0 spiro atoms. The predicted octanol–water partition coefficient (Wildman–Crippen LogP) is -0.763. The van der Waals surface area contributed by atoms with Crippen LogP contribution in [0.2, 0.25) is 0 Å². The molecule has 0 aromatic carbocycles. The lowest BCUT2D eigenvalue weighted by atomic mass is 10.0. The van der Waals surface area contributed by atoms with Crippen molar-refractivity contribution in [3.8, 4) is 0 Å². The topological polar surface area (TPSA) is 93.4 Å². The van der Waals surface area contributed by atoms with Crippen molar-refractivity contribution in [1.82, 2.24) is 10.6 Å². The fraction of sp³-hybridized carbons (Fsp3) is 0.818. The van der Waals surface area contributed by atoms with E-state index < -0.39 is 6.04 Å². The molecule has 0 fully saturated rings. The molecule has 0 saturated carbocycles. The molecule has 0 saturated heterocycles. The zero-order valence-electron chi connectivity index (χ0n) is 10.9. The Balaban J connectivity index is 4.41. The van der Waals surface area contributed by atoms with Crippen molar-refractivity contribution in [2.75, 3.05) is 20.3 Å². The Labute approximate surface area is 102 Å². The van der Waals surface area contributed by atoms with Gasteiger partial charge in [0.15, 0.2) is 0 Å². The van der Waals surface area contributed by atoms with Crippen LogP contribution in [0.25, 0.3) is 0 Å². The van der Waals surface area contributed by atoms with Crippen LogP contribution in [0.15, 0.2) is 0 Å². The largest absolute Gasteiger partial charge is 0.375 e. The van der Waals surface area contributed by atoms with E-state index in [1.165, 1.54) is 7.11 Å². The average molecular weight is 245 g/mol. The summed E-state index contributed by atoms with van der Waals surface area (Å²) in [6.45, 7) is 5.85. The van der Waals surface area contributed by atoms with Crippen molar-refractivity contribution in [2.24, 2.45) is 11.7 Å². The van der Waals surface area contributed by atoms with E-state index in [9.17, 15) is 9.59 Å². The lowest BCUT2D eigenvalue weighted by molar-refractivity contribution is -0.132. The number of methoxy groups -OCH3 is 1. The predicted molar refractivity (Wildman–Crippen MR) is 65.3 cm³/mol. The van der Waals surface area contributed by atoms with E-state index in [1.54, 1.807) is 0 Å². The summed E-state index contributed by atoms with van der Waals surface area (Å²) in [5.41, 5.74) is 5.42. The minimum Gasteiger partial charge on any atom is -0.375 e. The van der Waals surface area contributed by atoms with Gasteiger partial charge in [-0.2, -0.15) is 0 Å². The maximum absolute atomic E-state index is 11.9. The molecule has 6 nitrogen and oxygen atoms in total. The second-order valence-electron chi connectivity index (χ2n) is 4.37. The molecule has 0 aliphatic rings. The molecule has 2 atom stereocenters. The van der Waals surface area contributed by atoms with Gasteiger partial charge < -0.3 is 21.1 Å². The van der Waals surface area contributed by atoms with Gasteiger partial charge in [-0.25, -0.2) is 0 Å². The number of hydrogen-bond acceptors (Lipinski definition) is 4. The van der Waals surface area contributed by atoms with Crippen LogP contribution in [0.3, 0.4) is 0 Å². The summed E-state index contributed by atoms with van der Waals surface area (Å²) < 4.78 is 4.70. The molecule has 0 aliphatic carbocycles. The van der Waals surface area contributed by atoms with Gasteiger partial charge in [-0.15, -0.1) is 0 Å². The standard InChI is InChI=1S/C11H23N3O3/c1-7(2)10(14-9(15)6-17-4)11(16)13-8(3)5-12/h7-8,10H,5-6,12H2,1-4H3,(H,13,16)(H,14,15)/t8-,10-/m0/s1. The third-order valence-electron chi connectivity index (χ3n) is 2.28. The molecule has 0 aromatic heterocycles. The summed E-state index contributed by atoms with van der Waals surface area (Å²) in [4.78, 5) is 23.2. The van der Waals surface area contributed by atoms with Gasteiger partial charge in [-0.3, -0.25) is 9.59 Å². The van der Waals surface area contributed by atoms with Crippen molar-refractivity contribution in [2.45, 2.75) is 32.9 Å². The Morgan fingerprint density at radius 1 is 1.24 bits per heavy atom. The summed E-state index contributed by atoms with van der Waals surface area (Å²) in [5, 5.41) is 5.37. The molecule has 0 rings (SSSR count). The molecular weight excluding hydrogens is 222 g/mol. The Kier molecular flexibility index (Phi) is 7.49. The third-order valence-corrected chi connectivity index (χ3v) is 2.28. The molecule has 0 aliphatic heterocycles. The van der Waals surface area contributed by atoms with Crippen molar-refractivity contribution < 1.29 is 14.3 Å². The first kappa shape index (κ1) is 15.9. The van der Waals surface area contributed by atoms with E-state index in [2.05, 4.69) is 10.6 Å². The smallest absolute Gasteiger partial charge is 0.246 e. The molecule has 0 radical (unpaired) electrons. The van der Waals surface area contributed by atoms with Crippen molar-refractivity contribution in [3.63, 3.8) is 0 Å². The summed E-state index contributed by atoms with van der Waals surface area (Å²) in [6, 6.07) is -0.672. The van der Waals surface area contributed by atoms with Crippen molar-refractivity contribution in [1.29, 1.82) is 0 Å². The minimum atomic E-state index is -0.563. The molecule has 2 amide bonds. The Morgan fingerprint density at radius 2 is 1.82 bits per heavy atom. The number of amides is 2. The summed E-state index contributed by atoms with van der Waals surface area (Å²) >= 11 is 0. The minimum absolute atomic E-state index is 0.000723. The van der Waals surface area contributed by atoms with Gasteiger partial charge in [-0.1, -0.05) is 13.8 Å². The maximum atomic E-state index is 11.9. The summed E-state index contributed by atoms with van der Waals surface area (Å²) in [7, 11) is 1.43. The highest BCUT2D eigenvalue weighted by atomic mass is 16.5. The first-order chi connectivity index (χ1) is 7.92. The molecule has 6 heteroatoms. The summed E-state index contributed by atoms with van der Waals surface area (Å²) in [6.07, 6.45) is 0. The van der Waals surface area contributed by atoms with E-state index in [0.29, 0.717) is 6.54 Å². The average Bonchev–Trinajstić information content (AvgIpc) is 2.25. The fourth-order valence-corrected chi connectivity index (χ4v) is 1.27. The van der Waals surface area contributed by atoms with Crippen LogP contribution < -0.4 is 16.4 Å². The molecule has 0 heterocycles. The summed E-state index contributed by atoms with van der Waals surface area (Å²) in [5.74, 6) is -0.523. The highest BCUT2D eigenvalue weighted by Crippen LogP contribution is 2.02. The molecule has 17 heavy (non-hydrogen) atoms. The molecule has 0 aromatic rings. The second kappa shape index (κ2) is 8.03. The zero-order valence-corrected chi connectivity index (χ0v) is 10.9. The second-order valence-corrected chi connectivity index (χ2v) is 4.37. The maximum Gasteiger partial charge on any atom is 0.246 e. The lowest BCUT2D eigenvalue weighted by Crippen LogP contribution is -2.53. The number of nitrogens with two attached hydrogens (primary N) is 1. The van der Waals surface area contributed by atoms with Crippen molar-refractivity contribution in [3.05, 3.63) is 0 Å². The Morgan fingerprint density at radius 3 is 2.24 bits per heavy atom.